The summed E-state index contributed by atoms with van der Waals surface area (Å²) < 4.78 is 13.5. The number of halogens is 1. The highest BCUT2D eigenvalue weighted by Crippen LogP contribution is 2.25. The second kappa shape index (κ2) is 5.71. The van der Waals surface area contributed by atoms with Gasteiger partial charge in [-0.2, -0.15) is 0 Å². The Labute approximate surface area is 120 Å². The molecule has 2 aromatic rings. The topological polar surface area (TPSA) is 42.9 Å². The monoisotopic (exact) mass is 288 g/mol. The van der Waals surface area contributed by atoms with Gasteiger partial charge in [0.2, 0.25) is 0 Å². The minimum atomic E-state index is -0.231. The Kier molecular flexibility index (Phi) is 3.78. The number of carbonyl (C=O) groups is 1. The van der Waals surface area contributed by atoms with Crippen LogP contribution in [0.5, 0.6) is 0 Å². The lowest BCUT2D eigenvalue weighted by atomic mass is 9.96. The van der Waals surface area contributed by atoms with Gasteiger partial charge in [-0.25, -0.2) is 14.4 Å². The van der Waals surface area contributed by atoms with E-state index in [1.807, 2.05) is 0 Å². The summed E-state index contributed by atoms with van der Waals surface area (Å²) in [6.07, 6.45) is 3.87. The highest BCUT2D eigenvalue weighted by molar-refractivity contribution is 7.98. The normalized spacial score (nSPS) is 14.2. The van der Waals surface area contributed by atoms with Crippen LogP contribution in [-0.4, -0.2) is 15.8 Å². The third kappa shape index (κ3) is 2.72. The molecule has 1 aliphatic carbocycles. The number of benzene rings is 1. The van der Waals surface area contributed by atoms with E-state index in [9.17, 15) is 9.18 Å². The van der Waals surface area contributed by atoms with Crippen LogP contribution in [0.4, 0.5) is 4.39 Å². The van der Waals surface area contributed by atoms with Crippen molar-refractivity contribution in [1.29, 1.82) is 0 Å². The van der Waals surface area contributed by atoms with Crippen molar-refractivity contribution in [3.8, 4) is 0 Å². The minimum absolute atomic E-state index is 0.125. The van der Waals surface area contributed by atoms with E-state index < -0.39 is 0 Å². The van der Waals surface area contributed by atoms with Crippen molar-refractivity contribution in [2.75, 3.05) is 0 Å². The first-order valence-corrected chi connectivity index (χ1v) is 7.48. The number of ketones is 1. The molecular formula is C15H13FN2OS. The smallest absolute Gasteiger partial charge is 0.166 e. The van der Waals surface area contributed by atoms with Crippen LogP contribution in [-0.2, 0) is 12.2 Å². The van der Waals surface area contributed by atoms with Crippen molar-refractivity contribution in [2.24, 2.45) is 0 Å². The van der Waals surface area contributed by atoms with Crippen molar-refractivity contribution in [2.45, 2.75) is 29.9 Å². The summed E-state index contributed by atoms with van der Waals surface area (Å²) >= 11 is 1.37. The molecule has 3 rings (SSSR count). The lowest BCUT2D eigenvalue weighted by Gasteiger charge is -2.13. The van der Waals surface area contributed by atoms with Gasteiger partial charge in [-0.05, 0) is 25.0 Å². The fourth-order valence-electron chi connectivity index (χ4n) is 2.21. The Hall–Kier alpha value is -1.75. The zero-order valence-electron chi connectivity index (χ0n) is 10.8. The molecule has 0 bridgehead atoms. The van der Waals surface area contributed by atoms with Gasteiger partial charge < -0.3 is 0 Å². The van der Waals surface area contributed by atoms with Crippen molar-refractivity contribution in [3.05, 3.63) is 53.4 Å². The van der Waals surface area contributed by atoms with E-state index in [4.69, 9.17) is 0 Å². The van der Waals surface area contributed by atoms with E-state index in [0.717, 1.165) is 18.5 Å². The Morgan fingerprint density at radius 1 is 1.25 bits per heavy atom. The quantitative estimate of drug-likeness (QED) is 0.812. The number of Topliss-reactive ketones (excluding diaryl/α,β-unsaturated/α-hetero) is 1. The average molecular weight is 288 g/mol. The van der Waals surface area contributed by atoms with E-state index in [-0.39, 0.29) is 11.6 Å². The van der Waals surface area contributed by atoms with Gasteiger partial charge in [0.25, 0.3) is 0 Å². The highest BCUT2D eigenvalue weighted by Gasteiger charge is 2.19. The van der Waals surface area contributed by atoms with E-state index in [0.29, 0.717) is 28.5 Å². The summed E-state index contributed by atoms with van der Waals surface area (Å²) in [5, 5.41) is 0. The largest absolute Gasteiger partial charge is 0.294 e. The molecule has 1 aliphatic rings. The second-order valence-corrected chi connectivity index (χ2v) is 5.66. The summed E-state index contributed by atoms with van der Waals surface area (Å²) in [7, 11) is 0. The number of carbonyl (C=O) groups excluding carboxylic acids is 1. The van der Waals surface area contributed by atoms with Gasteiger partial charge in [0.05, 0.1) is 17.0 Å². The molecule has 20 heavy (non-hydrogen) atoms. The SMILES string of the molecule is O=C1CCCc2nc(CSc3ccccc3F)ncc21. The zero-order valence-corrected chi connectivity index (χ0v) is 11.6. The van der Waals surface area contributed by atoms with Crippen LogP contribution in [0.25, 0.3) is 0 Å². The van der Waals surface area contributed by atoms with Crippen molar-refractivity contribution >= 4 is 17.5 Å². The van der Waals surface area contributed by atoms with Crippen molar-refractivity contribution < 1.29 is 9.18 Å². The van der Waals surface area contributed by atoms with Crippen LogP contribution in [0.15, 0.2) is 35.4 Å². The third-order valence-electron chi connectivity index (χ3n) is 3.23. The Bertz CT molecular complexity index is 660. The van der Waals surface area contributed by atoms with Crippen LogP contribution in [0.3, 0.4) is 0 Å². The van der Waals surface area contributed by atoms with Crippen LogP contribution >= 0.6 is 11.8 Å². The van der Waals surface area contributed by atoms with Crippen LogP contribution in [0, 0.1) is 5.82 Å². The molecule has 0 saturated heterocycles. The lowest BCUT2D eigenvalue weighted by Crippen LogP contribution is -2.14. The number of aromatic nitrogens is 2. The number of hydrogen-bond donors (Lipinski definition) is 0. The summed E-state index contributed by atoms with van der Waals surface area (Å²) in [4.78, 5) is 20.9. The number of nitrogens with zero attached hydrogens (tertiary/aromatic N) is 2. The Morgan fingerprint density at radius 3 is 2.95 bits per heavy atom. The van der Waals surface area contributed by atoms with Gasteiger partial charge in [-0.1, -0.05) is 12.1 Å². The maximum Gasteiger partial charge on any atom is 0.166 e. The minimum Gasteiger partial charge on any atom is -0.294 e. The van der Waals surface area contributed by atoms with Gasteiger partial charge in [0, 0.05) is 17.5 Å². The molecule has 0 unspecified atom stereocenters. The maximum absolute atomic E-state index is 13.5. The van der Waals surface area contributed by atoms with Crippen molar-refractivity contribution in [3.63, 3.8) is 0 Å². The van der Waals surface area contributed by atoms with E-state index in [1.165, 1.54) is 17.8 Å². The lowest BCUT2D eigenvalue weighted by molar-refractivity contribution is 0.0971. The maximum atomic E-state index is 13.5. The average Bonchev–Trinajstić information content (AvgIpc) is 2.46. The first-order valence-electron chi connectivity index (χ1n) is 6.49. The van der Waals surface area contributed by atoms with Gasteiger partial charge in [-0.3, -0.25) is 4.79 Å². The summed E-state index contributed by atoms with van der Waals surface area (Å²) in [5.41, 5.74) is 1.48. The molecule has 1 aromatic heterocycles. The first-order chi connectivity index (χ1) is 9.74. The Morgan fingerprint density at radius 2 is 2.10 bits per heavy atom. The zero-order chi connectivity index (χ0) is 13.9. The van der Waals surface area contributed by atoms with E-state index in [1.54, 1.807) is 24.4 Å². The molecule has 0 radical (unpaired) electrons. The molecule has 0 fully saturated rings. The Balaban J connectivity index is 1.76. The van der Waals surface area contributed by atoms with Gasteiger partial charge in [-0.15, -0.1) is 11.8 Å². The molecule has 0 aliphatic heterocycles. The van der Waals surface area contributed by atoms with Gasteiger partial charge in [0.15, 0.2) is 5.78 Å². The summed E-state index contributed by atoms with van der Waals surface area (Å²) in [5.74, 6) is 1.04. The standard InChI is InChI=1S/C15H13FN2OS/c16-11-4-1-2-7-14(11)20-9-15-17-8-10-12(18-15)5-3-6-13(10)19/h1-2,4,7-8H,3,5-6,9H2. The fraction of sp³-hybridized carbons (Fsp3) is 0.267. The molecular weight excluding hydrogens is 275 g/mol. The van der Waals surface area contributed by atoms with E-state index in [2.05, 4.69) is 9.97 Å². The predicted molar refractivity (Wildman–Crippen MR) is 75.3 cm³/mol. The number of aryl methyl sites for hydroxylation is 1. The van der Waals surface area contributed by atoms with Gasteiger partial charge in [0.1, 0.15) is 11.6 Å². The fourth-order valence-corrected chi connectivity index (χ4v) is 3.01. The molecule has 0 atom stereocenters. The number of rotatable bonds is 3. The molecule has 1 aromatic carbocycles. The van der Waals surface area contributed by atoms with Crippen LogP contribution in [0.1, 0.15) is 34.7 Å². The van der Waals surface area contributed by atoms with E-state index >= 15 is 0 Å². The van der Waals surface area contributed by atoms with Crippen LogP contribution < -0.4 is 0 Å². The highest BCUT2D eigenvalue weighted by atomic mass is 32.2. The summed E-state index contributed by atoms with van der Waals surface area (Å²) in [6, 6.07) is 6.65. The number of hydrogen-bond acceptors (Lipinski definition) is 4. The summed E-state index contributed by atoms with van der Waals surface area (Å²) in [6.45, 7) is 0. The number of fused-ring (bicyclic) bond motifs is 1. The molecule has 102 valence electrons. The molecule has 0 amide bonds. The third-order valence-corrected chi connectivity index (χ3v) is 4.27. The molecule has 5 heteroatoms. The molecule has 0 saturated carbocycles. The van der Waals surface area contributed by atoms with Crippen LogP contribution in [0.2, 0.25) is 0 Å². The molecule has 1 heterocycles. The number of thioether (sulfide) groups is 1. The molecule has 0 N–H and O–H groups in total. The van der Waals surface area contributed by atoms with Gasteiger partial charge >= 0.3 is 0 Å². The second-order valence-electron chi connectivity index (χ2n) is 4.64. The molecule has 3 nitrogen and oxygen atoms in total. The molecule has 0 spiro atoms. The predicted octanol–water partition coefficient (Wildman–Crippen LogP) is 3.43. The first kappa shape index (κ1) is 13.2. The van der Waals surface area contributed by atoms with Crippen molar-refractivity contribution in [1.82, 2.24) is 9.97 Å².